The van der Waals surface area contributed by atoms with Gasteiger partial charge < -0.3 is 5.11 Å². The number of hydrazone groups is 1. The van der Waals surface area contributed by atoms with E-state index in [9.17, 15) is 4.79 Å². The Balaban J connectivity index is 2.66. The molecular weight excluding hydrogens is 275 g/mol. The maximum absolute atomic E-state index is 10.3. The Labute approximate surface area is 92.1 Å². The van der Waals surface area contributed by atoms with E-state index in [1.54, 1.807) is 0 Å². The number of anilines is 1. The molecule has 0 aromatic carbocycles. The van der Waals surface area contributed by atoms with Crippen LogP contribution in [0.1, 0.15) is 0 Å². The van der Waals surface area contributed by atoms with Crippen molar-refractivity contribution in [3.63, 3.8) is 0 Å². The third-order valence-electron chi connectivity index (χ3n) is 1.08. The molecule has 14 heavy (non-hydrogen) atoms. The van der Waals surface area contributed by atoms with E-state index in [1.807, 2.05) is 0 Å². The largest absolute Gasteiger partial charge is 0.476 e. The lowest BCUT2D eigenvalue weighted by atomic mass is 10.5. The van der Waals surface area contributed by atoms with Gasteiger partial charge in [0.2, 0.25) is 4.62 Å². The third-order valence-corrected chi connectivity index (χ3v) is 1.80. The highest BCUT2D eigenvalue weighted by atomic mass is 79.9. The van der Waals surface area contributed by atoms with E-state index in [0.29, 0.717) is 5.82 Å². The average molecular weight is 279 g/mol. The molecule has 2 N–H and O–H groups in total. The van der Waals surface area contributed by atoms with Crippen LogP contribution in [0, 0.1) is 0 Å². The summed E-state index contributed by atoms with van der Waals surface area (Å²) in [6.07, 6.45) is 0. The van der Waals surface area contributed by atoms with Crippen LogP contribution in [0.3, 0.4) is 0 Å². The number of aromatic nitrogens is 2. The summed E-state index contributed by atoms with van der Waals surface area (Å²) < 4.78 is -0.255. The molecule has 1 heterocycles. The van der Waals surface area contributed by atoms with Crippen LogP contribution in [0.25, 0.3) is 0 Å². The minimum atomic E-state index is -1.18. The summed E-state index contributed by atoms with van der Waals surface area (Å²) in [5, 5.41) is 19.3. The number of halogens is 2. The number of aliphatic carboxylic acids is 1. The highest BCUT2D eigenvalue weighted by Crippen LogP contribution is 2.06. The number of hydrogen-bond donors (Lipinski definition) is 2. The number of rotatable bonds is 3. The molecule has 0 unspecified atom stereocenters. The Morgan fingerprint density at radius 3 is 2.79 bits per heavy atom. The smallest absolute Gasteiger partial charge is 0.363 e. The maximum Gasteiger partial charge on any atom is 0.363 e. The first-order valence-corrected chi connectivity index (χ1v) is 4.48. The summed E-state index contributed by atoms with van der Waals surface area (Å²) in [6, 6.07) is 3.02. The summed E-state index contributed by atoms with van der Waals surface area (Å²) in [4.78, 5) is 10.3. The number of carboxylic acids is 1. The maximum atomic E-state index is 10.3. The van der Waals surface area contributed by atoms with Crippen LogP contribution in [0.4, 0.5) is 5.82 Å². The molecule has 0 radical (unpaired) electrons. The van der Waals surface area contributed by atoms with Crippen LogP contribution in [-0.2, 0) is 4.79 Å². The molecule has 0 spiro atoms. The molecule has 1 aromatic heterocycles. The van der Waals surface area contributed by atoms with E-state index in [1.165, 1.54) is 12.1 Å². The van der Waals surface area contributed by atoms with Gasteiger partial charge in [-0.1, -0.05) is 11.6 Å². The number of hydrogen-bond acceptors (Lipinski definition) is 5. The Kier molecular flexibility index (Phi) is 3.78. The van der Waals surface area contributed by atoms with Crippen LogP contribution in [0.15, 0.2) is 17.2 Å². The van der Waals surface area contributed by atoms with Gasteiger partial charge in [0.15, 0.2) is 11.0 Å². The molecule has 8 heteroatoms. The first kappa shape index (κ1) is 10.9. The minimum absolute atomic E-state index is 0.247. The second-order valence-electron chi connectivity index (χ2n) is 2.06. The van der Waals surface area contributed by atoms with Gasteiger partial charge in [-0.2, -0.15) is 5.10 Å². The Bertz CT molecular complexity index is 367. The van der Waals surface area contributed by atoms with Crippen molar-refractivity contribution in [2.75, 3.05) is 5.43 Å². The molecule has 0 saturated carbocycles. The molecule has 0 amide bonds. The highest BCUT2D eigenvalue weighted by molar-refractivity contribution is 9.19. The first-order chi connectivity index (χ1) is 6.59. The lowest BCUT2D eigenvalue weighted by Crippen LogP contribution is -2.07. The average Bonchev–Trinajstić information content (AvgIpc) is 2.16. The lowest BCUT2D eigenvalue weighted by molar-refractivity contribution is -0.129. The molecule has 6 nitrogen and oxygen atoms in total. The zero-order valence-corrected chi connectivity index (χ0v) is 8.95. The van der Waals surface area contributed by atoms with Crippen molar-refractivity contribution >= 4 is 43.9 Å². The van der Waals surface area contributed by atoms with E-state index in [2.05, 4.69) is 36.7 Å². The number of nitrogens with one attached hydrogen (secondary N) is 1. The molecular formula is C6H4BrClN4O2. The van der Waals surface area contributed by atoms with Crippen molar-refractivity contribution in [3.05, 3.63) is 17.3 Å². The molecule has 0 aliphatic rings. The summed E-state index contributed by atoms with van der Waals surface area (Å²) >= 11 is 8.21. The van der Waals surface area contributed by atoms with Crippen molar-refractivity contribution in [2.24, 2.45) is 5.10 Å². The van der Waals surface area contributed by atoms with E-state index < -0.39 is 5.97 Å². The van der Waals surface area contributed by atoms with Gasteiger partial charge in [-0.25, -0.2) is 4.79 Å². The predicted octanol–water partition coefficient (Wildman–Crippen LogP) is 1.33. The van der Waals surface area contributed by atoms with Crippen molar-refractivity contribution in [2.45, 2.75) is 0 Å². The van der Waals surface area contributed by atoms with E-state index in [-0.39, 0.29) is 9.77 Å². The van der Waals surface area contributed by atoms with Gasteiger partial charge in [0.25, 0.3) is 0 Å². The zero-order chi connectivity index (χ0) is 10.6. The summed E-state index contributed by atoms with van der Waals surface area (Å²) in [5.41, 5.74) is 2.38. The fourth-order valence-electron chi connectivity index (χ4n) is 0.530. The van der Waals surface area contributed by atoms with Crippen LogP contribution >= 0.6 is 27.5 Å². The minimum Gasteiger partial charge on any atom is -0.476 e. The third kappa shape index (κ3) is 3.27. The number of carbonyl (C=O) groups is 1. The van der Waals surface area contributed by atoms with Gasteiger partial charge in [0.1, 0.15) is 0 Å². The fourth-order valence-corrected chi connectivity index (χ4v) is 0.719. The van der Waals surface area contributed by atoms with Crippen molar-refractivity contribution < 1.29 is 9.90 Å². The van der Waals surface area contributed by atoms with Crippen molar-refractivity contribution in [3.8, 4) is 0 Å². The first-order valence-electron chi connectivity index (χ1n) is 3.31. The molecule has 1 aromatic rings. The van der Waals surface area contributed by atoms with E-state index in [0.717, 1.165) is 0 Å². The van der Waals surface area contributed by atoms with Crippen LogP contribution < -0.4 is 5.43 Å². The van der Waals surface area contributed by atoms with Crippen molar-refractivity contribution in [1.29, 1.82) is 0 Å². The van der Waals surface area contributed by atoms with Gasteiger partial charge in [-0.3, -0.25) is 5.43 Å². The molecule has 0 aliphatic heterocycles. The summed E-state index contributed by atoms with van der Waals surface area (Å²) in [5.74, 6) is -0.882. The van der Waals surface area contributed by atoms with Gasteiger partial charge in [-0.15, -0.1) is 10.2 Å². The van der Waals surface area contributed by atoms with Gasteiger partial charge in [-0.05, 0) is 28.1 Å². The highest BCUT2D eigenvalue weighted by Gasteiger charge is 2.03. The van der Waals surface area contributed by atoms with Crippen LogP contribution in [0.5, 0.6) is 0 Å². The van der Waals surface area contributed by atoms with Crippen LogP contribution in [0.2, 0.25) is 5.15 Å². The van der Waals surface area contributed by atoms with E-state index in [4.69, 9.17) is 16.7 Å². The van der Waals surface area contributed by atoms with E-state index >= 15 is 0 Å². The van der Waals surface area contributed by atoms with Crippen LogP contribution in [-0.4, -0.2) is 25.9 Å². The van der Waals surface area contributed by atoms with Gasteiger partial charge >= 0.3 is 5.97 Å². The summed E-state index contributed by atoms with van der Waals surface area (Å²) in [6.45, 7) is 0. The predicted molar refractivity (Wildman–Crippen MR) is 54.7 cm³/mol. The SMILES string of the molecule is O=C(O)C(Br)=NNc1ccc(Cl)nn1. The number of carboxylic acid groups (broad SMARTS) is 1. The fraction of sp³-hybridized carbons (Fsp3) is 0. The topological polar surface area (TPSA) is 87.5 Å². The molecule has 74 valence electrons. The molecule has 0 saturated heterocycles. The Morgan fingerprint density at radius 2 is 2.29 bits per heavy atom. The van der Waals surface area contributed by atoms with Gasteiger partial charge in [0.05, 0.1) is 0 Å². The molecule has 0 atom stereocenters. The molecule has 1 rings (SSSR count). The number of nitrogens with zero attached hydrogens (tertiary/aromatic N) is 3. The second-order valence-corrected chi connectivity index (χ2v) is 3.20. The quantitative estimate of drug-likeness (QED) is 0.644. The molecule has 0 fully saturated rings. The standard InChI is InChI=1S/C6H4BrClN4O2/c7-5(6(13)14)12-11-4-2-1-3(8)9-10-4/h1-2H,(H,10,11)(H,13,14). The van der Waals surface area contributed by atoms with Crippen molar-refractivity contribution in [1.82, 2.24) is 10.2 Å². The normalized spacial score (nSPS) is 11.1. The monoisotopic (exact) mass is 278 g/mol. The lowest BCUT2D eigenvalue weighted by Gasteiger charge is -1.97. The molecule has 0 aliphatic carbocycles. The second kappa shape index (κ2) is 4.87. The molecule has 0 bridgehead atoms. The Hall–Kier alpha value is -1.21. The zero-order valence-electron chi connectivity index (χ0n) is 6.61. The summed E-state index contributed by atoms with van der Waals surface area (Å²) in [7, 11) is 0. The van der Waals surface area contributed by atoms with Gasteiger partial charge in [0, 0.05) is 0 Å². The Morgan fingerprint density at radius 1 is 1.57 bits per heavy atom.